The third kappa shape index (κ3) is 3.60. The van der Waals surface area contributed by atoms with Crippen molar-refractivity contribution in [3.63, 3.8) is 0 Å². The number of esters is 1. The molecule has 0 aromatic heterocycles. The smallest absolute Gasteiger partial charge is 0.310 e. The molecule has 2 rings (SSSR count). The SMILES string of the molecule is CCOC(=O)C1CCCN(C(=O)c2ccc(C)c(F)c2)C1. The van der Waals surface area contributed by atoms with E-state index in [0.717, 1.165) is 12.8 Å². The first-order valence-corrected chi connectivity index (χ1v) is 7.25. The van der Waals surface area contributed by atoms with E-state index in [1.807, 2.05) is 0 Å². The van der Waals surface area contributed by atoms with Crippen molar-refractivity contribution >= 4 is 11.9 Å². The summed E-state index contributed by atoms with van der Waals surface area (Å²) in [6.07, 6.45) is 1.48. The van der Waals surface area contributed by atoms with Gasteiger partial charge in [0, 0.05) is 18.7 Å². The van der Waals surface area contributed by atoms with E-state index in [1.54, 1.807) is 30.9 Å². The summed E-state index contributed by atoms with van der Waals surface area (Å²) in [4.78, 5) is 25.8. The lowest BCUT2D eigenvalue weighted by atomic mass is 9.97. The monoisotopic (exact) mass is 293 g/mol. The van der Waals surface area contributed by atoms with Crippen LogP contribution in [0.3, 0.4) is 0 Å². The standard InChI is InChI=1S/C16H20FNO3/c1-3-21-16(20)13-5-4-8-18(10-13)15(19)12-7-6-11(2)14(17)9-12/h6-7,9,13H,3-5,8,10H2,1-2H3. The highest BCUT2D eigenvalue weighted by atomic mass is 19.1. The summed E-state index contributed by atoms with van der Waals surface area (Å²) in [7, 11) is 0. The van der Waals surface area contributed by atoms with Crippen molar-refractivity contribution in [1.82, 2.24) is 4.90 Å². The molecule has 0 spiro atoms. The molecule has 0 bridgehead atoms. The molecule has 1 aliphatic rings. The Kier molecular flexibility index (Phi) is 4.94. The highest BCUT2D eigenvalue weighted by Gasteiger charge is 2.29. The molecule has 21 heavy (non-hydrogen) atoms. The molecule has 1 aromatic carbocycles. The molecule has 1 aliphatic heterocycles. The maximum Gasteiger partial charge on any atom is 0.310 e. The average Bonchev–Trinajstić information content (AvgIpc) is 2.49. The molecule has 0 radical (unpaired) electrons. The molecular formula is C16H20FNO3. The van der Waals surface area contributed by atoms with Crippen LogP contribution < -0.4 is 0 Å². The fraction of sp³-hybridized carbons (Fsp3) is 0.500. The van der Waals surface area contributed by atoms with Crippen molar-refractivity contribution in [1.29, 1.82) is 0 Å². The number of halogens is 1. The summed E-state index contributed by atoms with van der Waals surface area (Å²) in [5.74, 6) is -1.16. The number of hydrogen-bond acceptors (Lipinski definition) is 3. The number of ether oxygens (including phenoxy) is 1. The van der Waals surface area contributed by atoms with Crippen molar-refractivity contribution in [3.8, 4) is 0 Å². The highest BCUT2D eigenvalue weighted by Crippen LogP contribution is 2.20. The lowest BCUT2D eigenvalue weighted by Crippen LogP contribution is -2.42. The maximum absolute atomic E-state index is 13.6. The van der Waals surface area contributed by atoms with Gasteiger partial charge < -0.3 is 9.64 Å². The Morgan fingerprint density at radius 3 is 2.86 bits per heavy atom. The first-order valence-electron chi connectivity index (χ1n) is 7.25. The van der Waals surface area contributed by atoms with Gasteiger partial charge in [0.1, 0.15) is 5.82 Å². The van der Waals surface area contributed by atoms with Gasteiger partial charge in [-0.15, -0.1) is 0 Å². The molecular weight excluding hydrogens is 273 g/mol. The van der Waals surface area contributed by atoms with E-state index in [1.165, 1.54) is 6.07 Å². The third-order valence-electron chi connectivity index (χ3n) is 3.75. The molecule has 1 amide bonds. The molecule has 0 saturated carbocycles. The molecule has 1 unspecified atom stereocenters. The Morgan fingerprint density at radius 2 is 2.19 bits per heavy atom. The van der Waals surface area contributed by atoms with Crippen molar-refractivity contribution in [3.05, 3.63) is 35.1 Å². The van der Waals surface area contributed by atoms with Crippen LogP contribution in [0, 0.1) is 18.7 Å². The van der Waals surface area contributed by atoms with Gasteiger partial charge in [0.2, 0.25) is 0 Å². The predicted molar refractivity (Wildman–Crippen MR) is 76.4 cm³/mol. The van der Waals surface area contributed by atoms with Crippen LogP contribution in [0.5, 0.6) is 0 Å². The summed E-state index contributed by atoms with van der Waals surface area (Å²) < 4.78 is 18.6. The zero-order valence-electron chi connectivity index (χ0n) is 12.4. The van der Waals surface area contributed by atoms with Crippen LogP contribution in [0.4, 0.5) is 4.39 Å². The van der Waals surface area contributed by atoms with Crippen LogP contribution >= 0.6 is 0 Å². The molecule has 5 heteroatoms. The topological polar surface area (TPSA) is 46.6 Å². The van der Waals surface area contributed by atoms with Gasteiger partial charge in [-0.2, -0.15) is 0 Å². The third-order valence-corrected chi connectivity index (χ3v) is 3.75. The lowest BCUT2D eigenvalue weighted by Gasteiger charge is -2.31. The number of rotatable bonds is 3. The van der Waals surface area contributed by atoms with Crippen molar-refractivity contribution in [2.75, 3.05) is 19.7 Å². The number of nitrogens with zero attached hydrogens (tertiary/aromatic N) is 1. The number of benzene rings is 1. The van der Waals surface area contributed by atoms with Gasteiger partial charge >= 0.3 is 5.97 Å². The Hall–Kier alpha value is -1.91. The molecule has 1 heterocycles. The van der Waals surface area contributed by atoms with E-state index in [4.69, 9.17) is 4.74 Å². The second-order valence-corrected chi connectivity index (χ2v) is 5.31. The van der Waals surface area contributed by atoms with Gasteiger partial charge in [0.05, 0.1) is 12.5 Å². The van der Waals surface area contributed by atoms with Crippen LogP contribution in [-0.2, 0) is 9.53 Å². The van der Waals surface area contributed by atoms with Gasteiger partial charge in [-0.05, 0) is 44.4 Å². The van der Waals surface area contributed by atoms with Gasteiger partial charge in [-0.3, -0.25) is 9.59 Å². The predicted octanol–water partition coefficient (Wildman–Crippen LogP) is 2.55. The van der Waals surface area contributed by atoms with E-state index >= 15 is 0 Å². The number of amides is 1. The van der Waals surface area contributed by atoms with Crippen LogP contribution in [0.1, 0.15) is 35.7 Å². The number of carbonyl (C=O) groups excluding carboxylic acids is 2. The summed E-state index contributed by atoms with van der Waals surface area (Å²) in [6, 6.07) is 4.47. The molecule has 114 valence electrons. The van der Waals surface area contributed by atoms with Crippen LogP contribution in [-0.4, -0.2) is 36.5 Å². The van der Waals surface area contributed by atoms with E-state index in [9.17, 15) is 14.0 Å². The number of piperidine rings is 1. The van der Waals surface area contributed by atoms with Crippen molar-refractivity contribution in [2.24, 2.45) is 5.92 Å². The van der Waals surface area contributed by atoms with Crippen LogP contribution in [0.25, 0.3) is 0 Å². The molecule has 4 nitrogen and oxygen atoms in total. The Bertz CT molecular complexity index is 544. The number of carbonyl (C=O) groups is 2. The Labute approximate surface area is 123 Å². The second kappa shape index (κ2) is 6.70. The van der Waals surface area contributed by atoms with Crippen molar-refractivity contribution < 1.29 is 18.7 Å². The van der Waals surface area contributed by atoms with E-state index in [2.05, 4.69) is 0 Å². The summed E-state index contributed by atoms with van der Waals surface area (Å²) >= 11 is 0. The van der Waals surface area contributed by atoms with E-state index in [-0.39, 0.29) is 23.6 Å². The largest absolute Gasteiger partial charge is 0.466 e. The molecule has 1 aromatic rings. The van der Waals surface area contributed by atoms with Gasteiger partial charge in [-0.25, -0.2) is 4.39 Å². The van der Waals surface area contributed by atoms with Gasteiger partial charge in [0.15, 0.2) is 0 Å². The van der Waals surface area contributed by atoms with Crippen LogP contribution in [0.15, 0.2) is 18.2 Å². The second-order valence-electron chi connectivity index (χ2n) is 5.31. The highest BCUT2D eigenvalue weighted by molar-refractivity contribution is 5.94. The maximum atomic E-state index is 13.6. The fourth-order valence-electron chi connectivity index (χ4n) is 2.52. The first-order chi connectivity index (χ1) is 10.0. The summed E-state index contributed by atoms with van der Waals surface area (Å²) in [5, 5.41) is 0. The first kappa shape index (κ1) is 15.5. The van der Waals surface area contributed by atoms with Gasteiger partial charge in [0.25, 0.3) is 5.91 Å². The number of aryl methyl sites for hydroxylation is 1. The minimum Gasteiger partial charge on any atom is -0.466 e. The number of hydrogen-bond donors (Lipinski definition) is 0. The van der Waals surface area contributed by atoms with E-state index in [0.29, 0.717) is 30.8 Å². The average molecular weight is 293 g/mol. The minimum atomic E-state index is -0.389. The normalized spacial score (nSPS) is 18.4. The molecule has 0 N–H and O–H groups in total. The minimum absolute atomic E-state index is 0.233. The number of likely N-dealkylation sites (tertiary alicyclic amines) is 1. The zero-order valence-corrected chi connectivity index (χ0v) is 12.4. The van der Waals surface area contributed by atoms with E-state index < -0.39 is 0 Å². The molecule has 0 aliphatic carbocycles. The Morgan fingerprint density at radius 1 is 1.43 bits per heavy atom. The molecule has 1 fully saturated rings. The van der Waals surface area contributed by atoms with Gasteiger partial charge in [-0.1, -0.05) is 6.07 Å². The van der Waals surface area contributed by atoms with Crippen LogP contribution in [0.2, 0.25) is 0 Å². The zero-order chi connectivity index (χ0) is 15.4. The quantitative estimate of drug-likeness (QED) is 0.805. The Balaban J connectivity index is 2.08. The lowest BCUT2D eigenvalue weighted by molar-refractivity contribution is -0.149. The fourth-order valence-corrected chi connectivity index (χ4v) is 2.52. The summed E-state index contributed by atoms with van der Waals surface area (Å²) in [5.41, 5.74) is 0.831. The summed E-state index contributed by atoms with van der Waals surface area (Å²) in [6.45, 7) is 4.68. The molecule has 1 atom stereocenters. The molecule has 1 saturated heterocycles. The van der Waals surface area contributed by atoms with Crippen molar-refractivity contribution in [2.45, 2.75) is 26.7 Å².